The molecule has 3 heterocycles. The maximum atomic E-state index is 13.4. The summed E-state index contributed by atoms with van der Waals surface area (Å²) in [6.07, 6.45) is 3.24. The van der Waals surface area contributed by atoms with Gasteiger partial charge < -0.3 is 19.6 Å². The summed E-state index contributed by atoms with van der Waals surface area (Å²) in [5.74, 6) is -3.59. The molecule has 144 valence electrons. The zero-order valence-corrected chi connectivity index (χ0v) is 15.1. The first-order chi connectivity index (χ1) is 13.5. The second-order valence-electron chi connectivity index (χ2n) is 6.70. The van der Waals surface area contributed by atoms with Crippen LogP contribution in [-0.4, -0.2) is 39.2 Å². The molecule has 1 aliphatic rings. The summed E-state index contributed by atoms with van der Waals surface area (Å²) in [7, 11) is 0. The number of benzene rings is 1. The largest absolute Gasteiger partial charge is 0.477 e. The summed E-state index contributed by atoms with van der Waals surface area (Å²) in [6.45, 7) is 2.35. The summed E-state index contributed by atoms with van der Waals surface area (Å²) in [5.41, 5.74) is 2.40. The standard InChI is InChI=1S/C20H18FN3O4/c1-12-10-27-20(19(25)26,28-11-12)18-23-16(13-2-4-15(21)5-3-13)17(24-18)14-6-8-22-9-7-14/h2-9,12H,10-11H2,1H3,(H,23,24)(H,25,26). The third-order valence-corrected chi connectivity index (χ3v) is 4.53. The van der Waals surface area contributed by atoms with Crippen LogP contribution < -0.4 is 0 Å². The van der Waals surface area contributed by atoms with Crippen molar-refractivity contribution in [3.8, 4) is 22.5 Å². The number of aromatic amines is 1. The predicted molar refractivity (Wildman–Crippen MR) is 97.6 cm³/mol. The molecule has 0 saturated carbocycles. The number of aromatic nitrogens is 3. The number of hydrogen-bond acceptors (Lipinski definition) is 5. The lowest BCUT2D eigenvalue weighted by molar-refractivity contribution is -0.287. The lowest BCUT2D eigenvalue weighted by Gasteiger charge is -2.34. The maximum Gasteiger partial charge on any atom is 0.373 e. The van der Waals surface area contributed by atoms with Gasteiger partial charge in [0.2, 0.25) is 0 Å². The van der Waals surface area contributed by atoms with Gasteiger partial charge in [0.15, 0.2) is 5.82 Å². The molecule has 0 atom stereocenters. The van der Waals surface area contributed by atoms with Gasteiger partial charge in [0, 0.05) is 29.4 Å². The van der Waals surface area contributed by atoms with E-state index in [1.807, 2.05) is 6.92 Å². The van der Waals surface area contributed by atoms with Gasteiger partial charge in [0.05, 0.1) is 24.6 Å². The molecule has 7 nitrogen and oxygen atoms in total. The Labute approximate surface area is 160 Å². The van der Waals surface area contributed by atoms with Crippen molar-refractivity contribution < 1.29 is 23.8 Å². The number of imidazole rings is 1. The van der Waals surface area contributed by atoms with Crippen LogP contribution >= 0.6 is 0 Å². The van der Waals surface area contributed by atoms with Crippen molar-refractivity contribution in [2.75, 3.05) is 13.2 Å². The van der Waals surface area contributed by atoms with E-state index < -0.39 is 11.8 Å². The number of nitrogens with zero attached hydrogens (tertiary/aromatic N) is 2. The van der Waals surface area contributed by atoms with Gasteiger partial charge in [-0.3, -0.25) is 4.98 Å². The van der Waals surface area contributed by atoms with Crippen LogP contribution in [0.5, 0.6) is 0 Å². The molecule has 0 bridgehead atoms. The van der Waals surface area contributed by atoms with E-state index in [2.05, 4.69) is 15.0 Å². The van der Waals surface area contributed by atoms with Crippen LogP contribution in [0.2, 0.25) is 0 Å². The molecule has 2 aromatic heterocycles. The average molecular weight is 383 g/mol. The van der Waals surface area contributed by atoms with Gasteiger partial charge in [-0.1, -0.05) is 6.92 Å². The van der Waals surface area contributed by atoms with E-state index in [9.17, 15) is 14.3 Å². The van der Waals surface area contributed by atoms with Gasteiger partial charge in [-0.05, 0) is 36.4 Å². The van der Waals surface area contributed by atoms with Gasteiger partial charge in [0.25, 0.3) is 0 Å². The van der Waals surface area contributed by atoms with E-state index in [-0.39, 0.29) is 30.8 Å². The molecule has 1 saturated heterocycles. The first kappa shape index (κ1) is 18.3. The Morgan fingerprint density at radius 3 is 2.39 bits per heavy atom. The van der Waals surface area contributed by atoms with Crippen LogP contribution in [0.1, 0.15) is 12.7 Å². The summed E-state index contributed by atoms with van der Waals surface area (Å²) in [5, 5.41) is 9.84. The summed E-state index contributed by atoms with van der Waals surface area (Å²) in [4.78, 5) is 23.6. The quantitative estimate of drug-likeness (QED) is 0.718. The first-order valence-corrected chi connectivity index (χ1v) is 8.78. The average Bonchev–Trinajstić information content (AvgIpc) is 3.15. The number of aliphatic carboxylic acids is 1. The molecule has 8 heteroatoms. The van der Waals surface area contributed by atoms with Crippen LogP contribution in [-0.2, 0) is 20.1 Å². The fourth-order valence-corrected chi connectivity index (χ4v) is 3.04. The number of H-pyrrole nitrogens is 1. The Morgan fingerprint density at radius 1 is 1.14 bits per heavy atom. The Morgan fingerprint density at radius 2 is 1.79 bits per heavy atom. The molecule has 1 fully saturated rings. The van der Waals surface area contributed by atoms with E-state index in [0.29, 0.717) is 17.0 Å². The minimum Gasteiger partial charge on any atom is -0.477 e. The number of hydrogen-bond donors (Lipinski definition) is 2. The molecule has 3 aromatic rings. The van der Waals surface area contributed by atoms with E-state index in [4.69, 9.17) is 9.47 Å². The third kappa shape index (κ3) is 3.17. The fourth-order valence-electron chi connectivity index (χ4n) is 3.04. The molecule has 1 aromatic carbocycles. The van der Waals surface area contributed by atoms with Crippen LogP contribution in [0, 0.1) is 11.7 Å². The van der Waals surface area contributed by atoms with Gasteiger partial charge >= 0.3 is 11.8 Å². The minimum atomic E-state index is -2.02. The zero-order chi connectivity index (χ0) is 19.7. The summed E-state index contributed by atoms with van der Waals surface area (Å²) in [6, 6.07) is 9.34. The molecule has 0 radical (unpaired) electrons. The van der Waals surface area contributed by atoms with Crippen molar-refractivity contribution in [3.05, 3.63) is 60.4 Å². The monoisotopic (exact) mass is 383 g/mol. The van der Waals surface area contributed by atoms with Crippen LogP contribution in [0.25, 0.3) is 22.5 Å². The Bertz CT molecular complexity index is 980. The van der Waals surface area contributed by atoms with E-state index in [1.165, 1.54) is 12.1 Å². The fraction of sp³-hybridized carbons (Fsp3) is 0.250. The Kier molecular flexibility index (Phi) is 4.66. The topological polar surface area (TPSA) is 97.3 Å². The molecule has 0 spiro atoms. The number of nitrogens with one attached hydrogen (secondary N) is 1. The SMILES string of the molecule is CC1COC(C(=O)O)(c2nc(-c3ccc(F)cc3)c(-c3ccncc3)[nH]2)OC1. The Balaban J connectivity index is 1.87. The van der Waals surface area contributed by atoms with Gasteiger partial charge in [0.1, 0.15) is 5.82 Å². The van der Waals surface area contributed by atoms with Gasteiger partial charge in [-0.2, -0.15) is 0 Å². The highest BCUT2D eigenvalue weighted by Crippen LogP contribution is 2.37. The smallest absolute Gasteiger partial charge is 0.373 e. The van der Waals surface area contributed by atoms with E-state index >= 15 is 0 Å². The highest BCUT2D eigenvalue weighted by atomic mass is 19.1. The molecule has 4 rings (SSSR count). The molecule has 2 N–H and O–H groups in total. The molecule has 1 aliphatic heterocycles. The number of carbonyl (C=O) groups is 1. The van der Waals surface area contributed by atoms with Gasteiger partial charge in [-0.15, -0.1) is 0 Å². The van der Waals surface area contributed by atoms with Crippen molar-refractivity contribution in [2.24, 2.45) is 5.92 Å². The lowest BCUT2D eigenvalue weighted by atomic mass is 10.1. The molecule has 28 heavy (non-hydrogen) atoms. The van der Waals surface area contributed by atoms with E-state index in [1.54, 1.807) is 36.7 Å². The number of halogens is 1. The predicted octanol–water partition coefficient (Wildman–Crippen LogP) is 3.20. The molecule has 0 amide bonds. The van der Waals surface area contributed by atoms with Crippen molar-refractivity contribution >= 4 is 5.97 Å². The molecule has 0 aliphatic carbocycles. The third-order valence-electron chi connectivity index (χ3n) is 4.53. The highest BCUT2D eigenvalue weighted by molar-refractivity contribution is 5.81. The normalized spacial score (nSPS) is 22.1. The number of ether oxygens (including phenoxy) is 2. The second kappa shape index (κ2) is 7.14. The number of carboxylic acids is 1. The lowest BCUT2D eigenvalue weighted by Crippen LogP contribution is -2.48. The van der Waals surface area contributed by atoms with Crippen molar-refractivity contribution in [3.63, 3.8) is 0 Å². The summed E-state index contributed by atoms with van der Waals surface area (Å²) < 4.78 is 24.6. The van der Waals surface area contributed by atoms with Crippen LogP contribution in [0.15, 0.2) is 48.8 Å². The molecular formula is C20H18FN3O4. The number of pyridine rings is 1. The van der Waals surface area contributed by atoms with Crippen molar-refractivity contribution in [2.45, 2.75) is 12.7 Å². The first-order valence-electron chi connectivity index (χ1n) is 8.78. The summed E-state index contributed by atoms with van der Waals surface area (Å²) >= 11 is 0. The van der Waals surface area contributed by atoms with Crippen LogP contribution in [0.3, 0.4) is 0 Å². The number of carboxylic acid groups (broad SMARTS) is 1. The highest BCUT2D eigenvalue weighted by Gasteiger charge is 2.50. The van der Waals surface area contributed by atoms with Crippen LogP contribution in [0.4, 0.5) is 4.39 Å². The number of rotatable bonds is 4. The molecular weight excluding hydrogens is 365 g/mol. The van der Waals surface area contributed by atoms with Crippen molar-refractivity contribution in [1.82, 2.24) is 15.0 Å². The maximum absolute atomic E-state index is 13.4. The Hall–Kier alpha value is -3.10. The minimum absolute atomic E-state index is 0.0260. The van der Waals surface area contributed by atoms with E-state index in [0.717, 1.165) is 5.56 Å². The van der Waals surface area contributed by atoms with Gasteiger partial charge in [-0.25, -0.2) is 14.2 Å². The zero-order valence-electron chi connectivity index (χ0n) is 15.1. The van der Waals surface area contributed by atoms with Crippen molar-refractivity contribution in [1.29, 1.82) is 0 Å². The second-order valence-corrected chi connectivity index (χ2v) is 6.70. The molecule has 0 unspecified atom stereocenters.